The topological polar surface area (TPSA) is 48.0 Å². The van der Waals surface area contributed by atoms with Gasteiger partial charge in [-0.25, -0.2) is 4.79 Å². The predicted octanol–water partition coefficient (Wildman–Crippen LogP) is 1.33. The molecule has 1 aromatic rings. The molecule has 1 heterocycles. The van der Waals surface area contributed by atoms with Gasteiger partial charge in [-0.1, -0.05) is 18.2 Å². The number of methoxy groups -OCH3 is 1. The minimum absolute atomic E-state index is 0.296. The Balaban J connectivity index is 1.65. The molecule has 0 spiro atoms. The maximum atomic E-state index is 11.4. The van der Waals surface area contributed by atoms with E-state index >= 15 is 0 Å². The van der Waals surface area contributed by atoms with Crippen LogP contribution in [0.15, 0.2) is 30.3 Å². The van der Waals surface area contributed by atoms with Crippen LogP contribution in [0.4, 0.5) is 0 Å². The molecule has 0 N–H and O–H groups in total. The van der Waals surface area contributed by atoms with Gasteiger partial charge in [0.2, 0.25) is 0 Å². The lowest BCUT2D eigenvalue weighted by Gasteiger charge is -2.31. The van der Waals surface area contributed by atoms with Gasteiger partial charge in [-0.05, 0) is 18.6 Å². The number of esters is 1. The minimum Gasteiger partial charge on any atom is -0.494 e. The molecule has 1 saturated heterocycles. The summed E-state index contributed by atoms with van der Waals surface area (Å²) in [7, 11) is 1.39. The van der Waals surface area contributed by atoms with Gasteiger partial charge in [-0.3, -0.25) is 4.90 Å². The lowest BCUT2D eigenvalue weighted by Crippen LogP contribution is -2.46. The molecule has 5 nitrogen and oxygen atoms in total. The van der Waals surface area contributed by atoms with Crippen molar-refractivity contribution in [1.29, 1.82) is 0 Å². The van der Waals surface area contributed by atoms with Crippen molar-refractivity contribution in [3.63, 3.8) is 0 Å². The monoisotopic (exact) mass is 279 g/mol. The molecule has 1 atom stereocenters. The van der Waals surface area contributed by atoms with E-state index in [0.29, 0.717) is 19.8 Å². The van der Waals surface area contributed by atoms with Gasteiger partial charge in [0.05, 0.1) is 20.3 Å². The number of para-hydroxylation sites is 1. The van der Waals surface area contributed by atoms with E-state index in [-0.39, 0.29) is 5.97 Å². The number of carbonyl (C=O) groups is 1. The van der Waals surface area contributed by atoms with Gasteiger partial charge in [0, 0.05) is 19.6 Å². The molecule has 1 aliphatic heterocycles. The zero-order chi connectivity index (χ0) is 14.2. The fourth-order valence-electron chi connectivity index (χ4n) is 2.17. The number of benzene rings is 1. The van der Waals surface area contributed by atoms with Crippen LogP contribution >= 0.6 is 0 Å². The van der Waals surface area contributed by atoms with E-state index in [1.54, 1.807) is 0 Å². The molecule has 110 valence electrons. The SMILES string of the molecule is COC(=O)C1CN(CCCOc2ccccc2)CCO1. The van der Waals surface area contributed by atoms with Crippen molar-refractivity contribution in [2.75, 3.05) is 40.0 Å². The van der Waals surface area contributed by atoms with Crippen molar-refractivity contribution >= 4 is 5.97 Å². The van der Waals surface area contributed by atoms with Crippen LogP contribution in [0.1, 0.15) is 6.42 Å². The highest BCUT2D eigenvalue weighted by atomic mass is 16.6. The van der Waals surface area contributed by atoms with E-state index in [4.69, 9.17) is 14.2 Å². The number of ether oxygens (including phenoxy) is 3. The number of morpholine rings is 1. The standard InChI is InChI=1S/C15H21NO4/c1-18-15(17)14-12-16(9-11-20-14)8-5-10-19-13-6-3-2-4-7-13/h2-4,6-7,14H,5,8-12H2,1H3. The minimum atomic E-state index is -0.455. The Morgan fingerprint density at radius 3 is 2.95 bits per heavy atom. The molecule has 2 rings (SSSR count). The van der Waals surface area contributed by atoms with E-state index in [0.717, 1.165) is 25.3 Å². The van der Waals surface area contributed by atoms with Crippen LogP contribution in [0.2, 0.25) is 0 Å². The first-order valence-corrected chi connectivity index (χ1v) is 6.89. The lowest BCUT2D eigenvalue weighted by atomic mass is 10.2. The molecule has 0 saturated carbocycles. The Labute approximate surface area is 119 Å². The molecule has 0 aliphatic carbocycles. The Bertz CT molecular complexity index is 410. The second-order valence-electron chi connectivity index (χ2n) is 4.70. The molecule has 20 heavy (non-hydrogen) atoms. The zero-order valence-corrected chi connectivity index (χ0v) is 11.8. The van der Waals surface area contributed by atoms with Crippen molar-refractivity contribution in [1.82, 2.24) is 4.90 Å². The fourth-order valence-corrected chi connectivity index (χ4v) is 2.17. The third-order valence-electron chi connectivity index (χ3n) is 3.25. The van der Waals surface area contributed by atoms with Crippen LogP contribution in [-0.4, -0.2) is 56.9 Å². The van der Waals surface area contributed by atoms with Gasteiger partial charge in [-0.15, -0.1) is 0 Å². The molecular weight excluding hydrogens is 258 g/mol. The summed E-state index contributed by atoms with van der Waals surface area (Å²) in [5, 5.41) is 0. The Morgan fingerprint density at radius 1 is 1.40 bits per heavy atom. The van der Waals surface area contributed by atoms with E-state index in [2.05, 4.69) is 4.90 Å². The fraction of sp³-hybridized carbons (Fsp3) is 0.533. The van der Waals surface area contributed by atoms with Crippen molar-refractivity contribution < 1.29 is 19.0 Å². The number of hydrogen-bond acceptors (Lipinski definition) is 5. The van der Waals surface area contributed by atoms with Gasteiger partial charge >= 0.3 is 5.97 Å². The largest absolute Gasteiger partial charge is 0.494 e. The van der Waals surface area contributed by atoms with E-state index in [9.17, 15) is 4.79 Å². The van der Waals surface area contributed by atoms with Gasteiger partial charge in [0.15, 0.2) is 6.10 Å². The summed E-state index contributed by atoms with van der Waals surface area (Å²) < 4.78 is 15.7. The van der Waals surface area contributed by atoms with Gasteiger partial charge in [-0.2, -0.15) is 0 Å². The Kier molecular flexibility index (Phi) is 5.83. The maximum Gasteiger partial charge on any atom is 0.336 e. The average molecular weight is 279 g/mol. The third-order valence-corrected chi connectivity index (χ3v) is 3.25. The van der Waals surface area contributed by atoms with Gasteiger partial charge in [0.1, 0.15) is 5.75 Å². The molecule has 5 heteroatoms. The predicted molar refractivity (Wildman–Crippen MR) is 74.8 cm³/mol. The Hall–Kier alpha value is -1.59. The van der Waals surface area contributed by atoms with Crippen LogP contribution < -0.4 is 4.74 Å². The van der Waals surface area contributed by atoms with Crippen LogP contribution in [0, 0.1) is 0 Å². The van der Waals surface area contributed by atoms with Gasteiger partial charge in [0.25, 0.3) is 0 Å². The highest BCUT2D eigenvalue weighted by molar-refractivity contribution is 5.74. The average Bonchev–Trinajstić information content (AvgIpc) is 2.52. The smallest absolute Gasteiger partial charge is 0.336 e. The molecule has 0 amide bonds. The maximum absolute atomic E-state index is 11.4. The molecule has 0 radical (unpaired) electrons. The highest BCUT2D eigenvalue weighted by Gasteiger charge is 2.26. The first-order chi connectivity index (χ1) is 9.79. The highest BCUT2D eigenvalue weighted by Crippen LogP contribution is 2.10. The van der Waals surface area contributed by atoms with Crippen LogP contribution in [0.5, 0.6) is 5.75 Å². The normalized spacial score (nSPS) is 19.6. The second kappa shape index (κ2) is 7.87. The third kappa shape index (κ3) is 4.51. The lowest BCUT2D eigenvalue weighted by molar-refractivity contribution is -0.159. The van der Waals surface area contributed by atoms with Crippen molar-refractivity contribution in [2.45, 2.75) is 12.5 Å². The summed E-state index contributed by atoms with van der Waals surface area (Å²) in [6.45, 7) is 3.57. The summed E-state index contributed by atoms with van der Waals surface area (Å²) in [6, 6.07) is 9.77. The first kappa shape index (κ1) is 14.8. The Morgan fingerprint density at radius 2 is 2.20 bits per heavy atom. The number of hydrogen-bond donors (Lipinski definition) is 0. The van der Waals surface area contributed by atoms with Crippen LogP contribution in [-0.2, 0) is 14.3 Å². The summed E-state index contributed by atoms with van der Waals surface area (Å²) in [5.41, 5.74) is 0. The van der Waals surface area contributed by atoms with Gasteiger partial charge < -0.3 is 14.2 Å². The van der Waals surface area contributed by atoms with Crippen molar-refractivity contribution in [2.24, 2.45) is 0 Å². The van der Waals surface area contributed by atoms with E-state index in [1.165, 1.54) is 7.11 Å². The summed E-state index contributed by atoms with van der Waals surface area (Å²) >= 11 is 0. The summed E-state index contributed by atoms with van der Waals surface area (Å²) in [4.78, 5) is 13.6. The molecule has 0 aromatic heterocycles. The molecule has 0 bridgehead atoms. The molecule has 1 fully saturated rings. The second-order valence-corrected chi connectivity index (χ2v) is 4.70. The van der Waals surface area contributed by atoms with E-state index in [1.807, 2.05) is 30.3 Å². The van der Waals surface area contributed by atoms with E-state index < -0.39 is 6.10 Å². The number of carbonyl (C=O) groups excluding carboxylic acids is 1. The van der Waals surface area contributed by atoms with Crippen molar-refractivity contribution in [3.8, 4) is 5.75 Å². The van der Waals surface area contributed by atoms with Crippen molar-refractivity contribution in [3.05, 3.63) is 30.3 Å². The molecular formula is C15H21NO4. The summed E-state index contributed by atoms with van der Waals surface area (Å²) in [5.74, 6) is 0.595. The zero-order valence-electron chi connectivity index (χ0n) is 11.8. The van der Waals surface area contributed by atoms with Crippen LogP contribution in [0.25, 0.3) is 0 Å². The quantitative estimate of drug-likeness (QED) is 0.581. The molecule has 1 unspecified atom stereocenters. The molecule has 1 aliphatic rings. The summed E-state index contributed by atoms with van der Waals surface area (Å²) in [6.07, 6.45) is 0.465. The number of nitrogens with zero attached hydrogens (tertiary/aromatic N) is 1. The first-order valence-electron chi connectivity index (χ1n) is 6.89. The molecule has 1 aromatic carbocycles. The van der Waals surface area contributed by atoms with Crippen LogP contribution in [0.3, 0.4) is 0 Å². The number of rotatable bonds is 6.